The summed E-state index contributed by atoms with van der Waals surface area (Å²) in [4.78, 5) is 4.11. The van der Waals surface area contributed by atoms with E-state index in [4.69, 9.17) is 0 Å². The zero-order valence-corrected chi connectivity index (χ0v) is 11.1. The molecule has 1 aliphatic heterocycles. The van der Waals surface area contributed by atoms with Gasteiger partial charge in [0, 0.05) is 37.1 Å². The zero-order valence-electron chi connectivity index (χ0n) is 10.2. The van der Waals surface area contributed by atoms with Gasteiger partial charge >= 0.3 is 0 Å². The first-order chi connectivity index (χ1) is 8.31. The smallest absolute Gasteiger partial charge is 0.0248 e. The number of nitrogens with one attached hydrogen (secondary N) is 1. The predicted molar refractivity (Wildman–Crippen MR) is 73.5 cm³/mol. The van der Waals surface area contributed by atoms with E-state index in [0.29, 0.717) is 0 Å². The number of thiophene rings is 1. The molecular weight excluding hydrogens is 228 g/mol. The minimum absolute atomic E-state index is 0.789. The van der Waals surface area contributed by atoms with Crippen molar-refractivity contribution in [3.63, 3.8) is 0 Å². The predicted octanol–water partition coefficient (Wildman–Crippen LogP) is 2.41. The van der Waals surface area contributed by atoms with Crippen molar-refractivity contribution in [2.45, 2.75) is 31.8 Å². The number of hydrogen-bond acceptors (Lipinski definition) is 3. The molecule has 1 aromatic heterocycles. The van der Waals surface area contributed by atoms with Gasteiger partial charge in [-0.3, -0.25) is 4.90 Å². The molecular formula is C14H20N2S. The lowest BCUT2D eigenvalue weighted by molar-refractivity contribution is 0.276. The number of nitrogens with zero attached hydrogens (tertiary/aromatic N) is 1. The lowest BCUT2D eigenvalue weighted by atomic mass is 10.1. The summed E-state index contributed by atoms with van der Waals surface area (Å²) >= 11 is 1.91. The second-order valence-corrected chi connectivity index (χ2v) is 6.24. The van der Waals surface area contributed by atoms with Crippen LogP contribution >= 0.6 is 11.3 Å². The molecule has 0 amide bonds. The molecule has 3 rings (SSSR count). The first-order valence-corrected chi connectivity index (χ1v) is 7.37. The fourth-order valence-corrected chi connectivity index (χ4v) is 3.28. The molecule has 2 heterocycles. The van der Waals surface area contributed by atoms with Crippen LogP contribution < -0.4 is 5.32 Å². The third-order valence-corrected chi connectivity index (χ3v) is 4.58. The summed E-state index contributed by atoms with van der Waals surface area (Å²) in [6.45, 7) is 8.54. The molecule has 0 saturated heterocycles. The summed E-state index contributed by atoms with van der Waals surface area (Å²) in [6.07, 6.45) is 3.93. The Bertz CT molecular complexity index is 406. The molecule has 1 aromatic rings. The molecule has 0 radical (unpaired) electrons. The van der Waals surface area contributed by atoms with Gasteiger partial charge in [0.2, 0.25) is 0 Å². The van der Waals surface area contributed by atoms with Crippen molar-refractivity contribution in [2.75, 3.05) is 19.6 Å². The molecule has 1 fully saturated rings. The fraction of sp³-hybridized carbons (Fsp3) is 0.571. The number of rotatable bonds is 5. The zero-order chi connectivity index (χ0) is 11.7. The minimum atomic E-state index is 0.789. The van der Waals surface area contributed by atoms with Gasteiger partial charge in [-0.05, 0) is 41.8 Å². The molecule has 2 aliphatic rings. The molecule has 1 saturated carbocycles. The van der Waals surface area contributed by atoms with Crippen molar-refractivity contribution < 1.29 is 0 Å². The van der Waals surface area contributed by atoms with Gasteiger partial charge in [-0.2, -0.15) is 0 Å². The Morgan fingerprint density at radius 1 is 1.53 bits per heavy atom. The highest BCUT2D eigenvalue weighted by molar-refractivity contribution is 7.10. The molecule has 0 bridgehead atoms. The van der Waals surface area contributed by atoms with E-state index in [9.17, 15) is 0 Å². The summed E-state index contributed by atoms with van der Waals surface area (Å²) in [7, 11) is 0. The van der Waals surface area contributed by atoms with Crippen LogP contribution in [0.5, 0.6) is 0 Å². The van der Waals surface area contributed by atoms with Gasteiger partial charge in [-0.15, -0.1) is 11.3 Å². The standard InChI is InChI=1S/C14H20N2S/c1-11(8-15-13-2-3-13)9-16-6-4-14-12(10-16)5-7-17-14/h5,7,13,15H,1-4,6,8-10H2. The Morgan fingerprint density at radius 3 is 3.24 bits per heavy atom. The summed E-state index contributed by atoms with van der Waals surface area (Å²) in [5, 5.41) is 5.76. The monoisotopic (exact) mass is 248 g/mol. The SMILES string of the molecule is C=C(CNC1CC1)CN1CCc2sccc2C1. The Morgan fingerprint density at radius 2 is 2.41 bits per heavy atom. The molecule has 17 heavy (non-hydrogen) atoms. The van der Waals surface area contributed by atoms with Crippen molar-refractivity contribution in [1.29, 1.82) is 0 Å². The Hall–Kier alpha value is -0.640. The first-order valence-electron chi connectivity index (χ1n) is 6.49. The third kappa shape index (κ3) is 2.97. The molecule has 3 heteroatoms. The van der Waals surface area contributed by atoms with Crippen molar-refractivity contribution >= 4 is 11.3 Å². The van der Waals surface area contributed by atoms with Crippen LogP contribution in [0.25, 0.3) is 0 Å². The summed E-state index contributed by atoms with van der Waals surface area (Å²) < 4.78 is 0. The largest absolute Gasteiger partial charge is 0.310 e. The van der Waals surface area contributed by atoms with E-state index in [1.165, 1.54) is 36.9 Å². The van der Waals surface area contributed by atoms with Crippen molar-refractivity contribution in [3.05, 3.63) is 34.0 Å². The van der Waals surface area contributed by atoms with Gasteiger partial charge in [0.05, 0.1) is 0 Å². The first kappa shape index (κ1) is 11.5. The van der Waals surface area contributed by atoms with Crippen molar-refractivity contribution in [1.82, 2.24) is 10.2 Å². The molecule has 0 spiro atoms. The van der Waals surface area contributed by atoms with Crippen LogP contribution in [-0.2, 0) is 13.0 Å². The van der Waals surface area contributed by atoms with E-state index in [2.05, 4.69) is 28.2 Å². The fourth-order valence-electron chi connectivity index (χ4n) is 2.39. The van der Waals surface area contributed by atoms with Crippen molar-refractivity contribution in [3.8, 4) is 0 Å². The molecule has 0 unspecified atom stereocenters. The van der Waals surface area contributed by atoms with Gasteiger partial charge in [0.15, 0.2) is 0 Å². The molecule has 2 nitrogen and oxygen atoms in total. The molecule has 0 atom stereocenters. The van der Waals surface area contributed by atoms with Gasteiger partial charge in [0.25, 0.3) is 0 Å². The lowest BCUT2D eigenvalue weighted by Crippen LogP contribution is -2.33. The van der Waals surface area contributed by atoms with Gasteiger partial charge in [0.1, 0.15) is 0 Å². The summed E-state index contributed by atoms with van der Waals surface area (Å²) in [6, 6.07) is 3.06. The number of hydrogen-bond donors (Lipinski definition) is 1. The van der Waals surface area contributed by atoms with Crippen LogP contribution in [0.2, 0.25) is 0 Å². The maximum atomic E-state index is 4.19. The van der Waals surface area contributed by atoms with E-state index in [0.717, 1.165) is 25.7 Å². The highest BCUT2D eigenvalue weighted by Crippen LogP contribution is 2.24. The normalized spacial score (nSPS) is 20.2. The van der Waals surface area contributed by atoms with Crippen LogP contribution in [-0.4, -0.2) is 30.6 Å². The van der Waals surface area contributed by atoms with Crippen LogP contribution in [0.15, 0.2) is 23.6 Å². The highest BCUT2D eigenvalue weighted by Gasteiger charge is 2.21. The van der Waals surface area contributed by atoms with E-state index in [1.807, 2.05) is 11.3 Å². The minimum Gasteiger partial charge on any atom is -0.310 e. The average Bonchev–Trinajstić information content (AvgIpc) is 3.04. The molecule has 0 aromatic carbocycles. The third-order valence-electron chi connectivity index (χ3n) is 3.55. The Balaban J connectivity index is 1.47. The summed E-state index contributed by atoms with van der Waals surface area (Å²) in [5.74, 6) is 0. The second-order valence-electron chi connectivity index (χ2n) is 5.23. The number of fused-ring (bicyclic) bond motifs is 1. The van der Waals surface area contributed by atoms with Gasteiger partial charge in [-0.25, -0.2) is 0 Å². The Kier molecular flexibility index (Phi) is 3.32. The topological polar surface area (TPSA) is 15.3 Å². The second kappa shape index (κ2) is 4.92. The molecule has 92 valence electrons. The van der Waals surface area contributed by atoms with Crippen LogP contribution in [0.4, 0.5) is 0 Å². The van der Waals surface area contributed by atoms with Crippen molar-refractivity contribution in [2.24, 2.45) is 0 Å². The Labute approximate surface area is 107 Å². The van der Waals surface area contributed by atoms with E-state index in [1.54, 1.807) is 4.88 Å². The quantitative estimate of drug-likeness (QED) is 0.805. The van der Waals surface area contributed by atoms with Gasteiger partial charge < -0.3 is 5.32 Å². The average molecular weight is 248 g/mol. The van der Waals surface area contributed by atoms with E-state index in [-0.39, 0.29) is 0 Å². The van der Waals surface area contributed by atoms with Crippen LogP contribution in [0.1, 0.15) is 23.3 Å². The maximum absolute atomic E-state index is 4.19. The van der Waals surface area contributed by atoms with E-state index < -0.39 is 0 Å². The molecule has 1 N–H and O–H groups in total. The molecule has 1 aliphatic carbocycles. The van der Waals surface area contributed by atoms with E-state index >= 15 is 0 Å². The maximum Gasteiger partial charge on any atom is 0.0248 e. The summed E-state index contributed by atoms with van der Waals surface area (Å²) in [5.41, 5.74) is 2.86. The van der Waals surface area contributed by atoms with Crippen LogP contribution in [0, 0.1) is 0 Å². The lowest BCUT2D eigenvalue weighted by Gasteiger charge is -2.27. The highest BCUT2D eigenvalue weighted by atomic mass is 32.1. The van der Waals surface area contributed by atoms with Gasteiger partial charge in [-0.1, -0.05) is 6.58 Å². The van der Waals surface area contributed by atoms with Crippen LogP contribution in [0.3, 0.4) is 0 Å².